The minimum absolute atomic E-state index is 0.700. The first kappa shape index (κ1) is 13.9. The molecule has 0 spiro atoms. The number of aryl methyl sites for hydroxylation is 2. The number of pyridine rings is 1. The zero-order valence-corrected chi connectivity index (χ0v) is 12.8. The van der Waals surface area contributed by atoms with Gasteiger partial charge in [0.2, 0.25) is 0 Å². The molecule has 4 heteroatoms. The van der Waals surface area contributed by atoms with Gasteiger partial charge < -0.3 is 11.1 Å². The van der Waals surface area contributed by atoms with Crippen LogP contribution in [0.5, 0.6) is 0 Å². The zero-order chi connectivity index (χ0) is 13.8. The van der Waals surface area contributed by atoms with Gasteiger partial charge in [-0.3, -0.25) is 0 Å². The highest BCUT2D eigenvalue weighted by Crippen LogP contribution is 2.17. The van der Waals surface area contributed by atoms with Crippen molar-refractivity contribution < 1.29 is 0 Å². The van der Waals surface area contributed by atoms with E-state index in [4.69, 9.17) is 5.73 Å². The Kier molecular flexibility index (Phi) is 4.43. The average molecular weight is 320 g/mol. The molecule has 0 saturated heterocycles. The van der Waals surface area contributed by atoms with Crippen molar-refractivity contribution in [3.05, 3.63) is 51.6 Å². The second kappa shape index (κ2) is 6.06. The van der Waals surface area contributed by atoms with Gasteiger partial charge in [-0.2, -0.15) is 0 Å². The second-order valence-electron chi connectivity index (χ2n) is 4.68. The maximum atomic E-state index is 5.69. The van der Waals surface area contributed by atoms with E-state index in [0.717, 1.165) is 28.8 Å². The van der Waals surface area contributed by atoms with Crippen LogP contribution in [0, 0.1) is 13.8 Å². The number of rotatable bonds is 4. The van der Waals surface area contributed by atoms with E-state index in [1.807, 2.05) is 13.0 Å². The quantitative estimate of drug-likeness (QED) is 0.903. The first-order valence-electron chi connectivity index (χ1n) is 6.27. The Bertz CT molecular complexity index is 582. The number of nitrogens with one attached hydrogen (secondary N) is 1. The molecule has 0 aliphatic heterocycles. The Morgan fingerprint density at radius 3 is 2.74 bits per heavy atom. The number of nitrogen functional groups attached to an aromatic ring is 1. The molecule has 0 saturated carbocycles. The number of hydrogen-bond donors (Lipinski definition) is 2. The SMILES string of the molecule is Cc1ccc(Br)cc1CCNc1ncc(N)cc1C. The number of aromatic nitrogens is 1. The molecule has 3 nitrogen and oxygen atoms in total. The largest absolute Gasteiger partial charge is 0.397 e. The predicted molar refractivity (Wildman–Crippen MR) is 84.5 cm³/mol. The van der Waals surface area contributed by atoms with E-state index in [2.05, 4.69) is 51.4 Å². The van der Waals surface area contributed by atoms with Gasteiger partial charge in [0.15, 0.2) is 0 Å². The lowest BCUT2D eigenvalue weighted by Crippen LogP contribution is -2.08. The summed E-state index contributed by atoms with van der Waals surface area (Å²) in [7, 11) is 0. The van der Waals surface area contributed by atoms with Crippen LogP contribution in [0.3, 0.4) is 0 Å². The van der Waals surface area contributed by atoms with E-state index >= 15 is 0 Å². The van der Waals surface area contributed by atoms with Crippen LogP contribution in [0.15, 0.2) is 34.9 Å². The van der Waals surface area contributed by atoms with E-state index in [0.29, 0.717) is 5.69 Å². The van der Waals surface area contributed by atoms with Crippen molar-refractivity contribution in [2.75, 3.05) is 17.6 Å². The third kappa shape index (κ3) is 3.70. The van der Waals surface area contributed by atoms with Crippen LogP contribution in [0.2, 0.25) is 0 Å². The highest BCUT2D eigenvalue weighted by atomic mass is 79.9. The summed E-state index contributed by atoms with van der Waals surface area (Å²) >= 11 is 3.51. The molecule has 0 bridgehead atoms. The summed E-state index contributed by atoms with van der Waals surface area (Å²) in [5, 5.41) is 3.35. The number of hydrogen-bond acceptors (Lipinski definition) is 3. The lowest BCUT2D eigenvalue weighted by atomic mass is 10.1. The Balaban J connectivity index is 1.98. The van der Waals surface area contributed by atoms with E-state index in [1.54, 1.807) is 6.20 Å². The van der Waals surface area contributed by atoms with Crippen LogP contribution < -0.4 is 11.1 Å². The molecule has 0 unspecified atom stereocenters. The van der Waals surface area contributed by atoms with E-state index < -0.39 is 0 Å². The molecule has 3 N–H and O–H groups in total. The molecule has 0 aliphatic carbocycles. The third-order valence-electron chi connectivity index (χ3n) is 3.10. The molecule has 0 amide bonds. The van der Waals surface area contributed by atoms with Crippen molar-refractivity contribution in [3.63, 3.8) is 0 Å². The maximum Gasteiger partial charge on any atom is 0.129 e. The van der Waals surface area contributed by atoms with Crippen molar-refractivity contribution in [1.29, 1.82) is 0 Å². The van der Waals surface area contributed by atoms with Gasteiger partial charge in [0, 0.05) is 11.0 Å². The van der Waals surface area contributed by atoms with Crippen LogP contribution in [-0.4, -0.2) is 11.5 Å². The molecule has 1 aromatic carbocycles. The van der Waals surface area contributed by atoms with Gasteiger partial charge >= 0.3 is 0 Å². The normalized spacial score (nSPS) is 10.5. The first-order chi connectivity index (χ1) is 9.06. The molecule has 0 atom stereocenters. The van der Waals surface area contributed by atoms with Crippen LogP contribution >= 0.6 is 15.9 Å². The second-order valence-corrected chi connectivity index (χ2v) is 5.60. The van der Waals surface area contributed by atoms with Crippen molar-refractivity contribution in [1.82, 2.24) is 4.98 Å². The third-order valence-corrected chi connectivity index (χ3v) is 3.59. The summed E-state index contributed by atoms with van der Waals surface area (Å²) < 4.78 is 1.12. The molecular weight excluding hydrogens is 302 g/mol. The lowest BCUT2D eigenvalue weighted by Gasteiger charge is -2.10. The summed E-state index contributed by atoms with van der Waals surface area (Å²) in [5.41, 5.74) is 10.1. The summed E-state index contributed by atoms with van der Waals surface area (Å²) in [6.07, 6.45) is 2.65. The summed E-state index contributed by atoms with van der Waals surface area (Å²) in [4.78, 5) is 4.30. The van der Waals surface area contributed by atoms with Crippen molar-refractivity contribution >= 4 is 27.4 Å². The Morgan fingerprint density at radius 2 is 2.00 bits per heavy atom. The highest BCUT2D eigenvalue weighted by molar-refractivity contribution is 9.10. The molecule has 2 aromatic rings. The molecule has 2 rings (SSSR count). The minimum Gasteiger partial charge on any atom is -0.397 e. The van der Waals surface area contributed by atoms with E-state index in [9.17, 15) is 0 Å². The monoisotopic (exact) mass is 319 g/mol. The van der Waals surface area contributed by atoms with Gasteiger partial charge in [-0.1, -0.05) is 22.0 Å². The molecule has 1 aromatic heterocycles. The van der Waals surface area contributed by atoms with E-state index in [-0.39, 0.29) is 0 Å². The highest BCUT2D eigenvalue weighted by Gasteiger charge is 2.02. The predicted octanol–water partition coefficient (Wildman–Crippen LogP) is 3.70. The smallest absolute Gasteiger partial charge is 0.129 e. The van der Waals surface area contributed by atoms with Crippen molar-refractivity contribution in [3.8, 4) is 0 Å². The van der Waals surface area contributed by atoms with Gasteiger partial charge in [-0.05, 0) is 55.2 Å². The summed E-state index contributed by atoms with van der Waals surface area (Å²) in [6.45, 7) is 5.00. The maximum absolute atomic E-state index is 5.69. The fourth-order valence-electron chi connectivity index (χ4n) is 2.01. The first-order valence-corrected chi connectivity index (χ1v) is 7.06. The summed E-state index contributed by atoms with van der Waals surface area (Å²) in [6, 6.07) is 8.30. The minimum atomic E-state index is 0.700. The number of anilines is 2. The van der Waals surface area contributed by atoms with Gasteiger partial charge in [0.1, 0.15) is 5.82 Å². The average Bonchev–Trinajstić information content (AvgIpc) is 2.36. The molecule has 1 heterocycles. The fraction of sp³-hybridized carbons (Fsp3) is 0.267. The van der Waals surface area contributed by atoms with Crippen molar-refractivity contribution in [2.45, 2.75) is 20.3 Å². The number of nitrogens with two attached hydrogens (primary N) is 1. The number of halogens is 1. The van der Waals surface area contributed by atoms with Crippen LogP contribution in [-0.2, 0) is 6.42 Å². The Hall–Kier alpha value is -1.55. The van der Waals surface area contributed by atoms with Crippen LogP contribution in [0.4, 0.5) is 11.5 Å². The molecule has 0 fully saturated rings. The molecule has 19 heavy (non-hydrogen) atoms. The van der Waals surface area contributed by atoms with Crippen LogP contribution in [0.25, 0.3) is 0 Å². The van der Waals surface area contributed by atoms with E-state index in [1.165, 1.54) is 11.1 Å². The number of benzene rings is 1. The molecule has 0 radical (unpaired) electrons. The number of nitrogens with zero attached hydrogens (tertiary/aromatic N) is 1. The molecule has 0 aliphatic rings. The Labute approximate surface area is 122 Å². The van der Waals surface area contributed by atoms with Gasteiger partial charge in [-0.25, -0.2) is 4.98 Å². The molecule has 100 valence electrons. The standard InChI is InChI=1S/C15H18BrN3/c1-10-3-4-13(16)8-12(10)5-6-18-15-11(2)7-14(17)9-19-15/h3-4,7-9H,5-6,17H2,1-2H3,(H,18,19). The molecular formula is C15H18BrN3. The Morgan fingerprint density at radius 1 is 1.21 bits per heavy atom. The van der Waals surface area contributed by atoms with Crippen LogP contribution in [0.1, 0.15) is 16.7 Å². The lowest BCUT2D eigenvalue weighted by molar-refractivity contribution is 0.988. The summed E-state index contributed by atoms with van der Waals surface area (Å²) in [5.74, 6) is 0.904. The van der Waals surface area contributed by atoms with Gasteiger partial charge in [0.05, 0.1) is 11.9 Å². The topological polar surface area (TPSA) is 50.9 Å². The zero-order valence-electron chi connectivity index (χ0n) is 11.2. The fourth-order valence-corrected chi connectivity index (χ4v) is 2.42. The van der Waals surface area contributed by atoms with Crippen molar-refractivity contribution in [2.24, 2.45) is 0 Å². The van der Waals surface area contributed by atoms with Gasteiger partial charge in [-0.15, -0.1) is 0 Å². The van der Waals surface area contributed by atoms with Gasteiger partial charge in [0.25, 0.3) is 0 Å².